The highest BCUT2D eigenvalue weighted by Crippen LogP contribution is 2.24. The summed E-state index contributed by atoms with van der Waals surface area (Å²) in [5.41, 5.74) is 0.935. The maximum Gasteiger partial charge on any atom is 0.251 e. The van der Waals surface area contributed by atoms with Crippen LogP contribution in [0.3, 0.4) is 0 Å². The maximum absolute atomic E-state index is 5.50. The molecule has 0 amide bonds. The van der Waals surface area contributed by atoms with Crippen LogP contribution in [0, 0.1) is 0 Å². The summed E-state index contributed by atoms with van der Waals surface area (Å²) in [4.78, 5) is 4.39. The second-order valence-corrected chi connectivity index (χ2v) is 4.98. The van der Waals surface area contributed by atoms with Crippen molar-refractivity contribution in [3.8, 4) is 0 Å². The molecule has 1 aliphatic rings. The number of hydrogen-bond acceptors (Lipinski definition) is 3. The third-order valence-electron chi connectivity index (χ3n) is 1.79. The molecule has 1 heterocycles. The molecule has 0 aromatic heterocycles. The van der Waals surface area contributed by atoms with Gasteiger partial charge in [0.05, 0.1) is 5.69 Å². The smallest absolute Gasteiger partial charge is 0.251 e. The summed E-state index contributed by atoms with van der Waals surface area (Å²) in [7, 11) is 0. The molecule has 1 aliphatic heterocycles. The minimum absolute atomic E-state index is 0.286. The minimum atomic E-state index is 0.286. The average molecular weight is 272 g/mol. The summed E-state index contributed by atoms with van der Waals surface area (Å²) in [6.07, 6.45) is 0.286. The van der Waals surface area contributed by atoms with Crippen LogP contribution in [0.4, 0.5) is 5.69 Å². The van der Waals surface area contributed by atoms with Crippen molar-refractivity contribution in [2.24, 2.45) is 4.99 Å². The zero-order valence-corrected chi connectivity index (χ0v) is 10.1. The van der Waals surface area contributed by atoms with Gasteiger partial charge in [0.2, 0.25) is 0 Å². The van der Waals surface area contributed by atoms with Crippen molar-refractivity contribution in [3.63, 3.8) is 0 Å². The molecule has 0 saturated carbocycles. The van der Waals surface area contributed by atoms with Gasteiger partial charge in [0.1, 0.15) is 6.10 Å². The summed E-state index contributed by atoms with van der Waals surface area (Å²) in [5, 5.41) is 0.778. The molecule has 2 nitrogen and oxygen atoms in total. The summed E-state index contributed by atoms with van der Waals surface area (Å²) < 4.78 is 6.56. The lowest BCUT2D eigenvalue weighted by molar-refractivity contribution is 0.252. The first-order chi connectivity index (χ1) is 6.74. The number of nitrogens with zero attached hydrogens (tertiary/aromatic N) is 1. The van der Waals surface area contributed by atoms with Crippen molar-refractivity contribution in [2.75, 3.05) is 5.75 Å². The fraction of sp³-hybridized carbons (Fsp3) is 0.300. The number of halogens is 1. The first kappa shape index (κ1) is 10.1. The third-order valence-corrected chi connectivity index (χ3v) is 3.39. The van der Waals surface area contributed by atoms with Gasteiger partial charge in [-0.1, -0.05) is 27.7 Å². The van der Waals surface area contributed by atoms with Crippen LogP contribution >= 0.6 is 27.7 Å². The highest BCUT2D eigenvalue weighted by molar-refractivity contribution is 9.10. The molecule has 1 aromatic rings. The highest BCUT2D eigenvalue weighted by Gasteiger charge is 2.17. The zero-order chi connectivity index (χ0) is 9.97. The lowest BCUT2D eigenvalue weighted by atomic mass is 10.3. The van der Waals surface area contributed by atoms with Crippen LogP contribution in [0.25, 0.3) is 0 Å². The predicted octanol–water partition coefficient (Wildman–Crippen LogP) is 3.59. The molecule has 1 saturated heterocycles. The predicted molar refractivity (Wildman–Crippen MR) is 64.2 cm³/mol. The van der Waals surface area contributed by atoms with Gasteiger partial charge >= 0.3 is 0 Å². The number of benzene rings is 1. The Kier molecular flexibility index (Phi) is 3.13. The molecule has 0 N–H and O–H groups in total. The molecule has 1 aromatic carbocycles. The summed E-state index contributed by atoms with van der Waals surface area (Å²) in [6.45, 7) is 2.05. The molecule has 1 atom stereocenters. The molecule has 14 heavy (non-hydrogen) atoms. The fourth-order valence-electron chi connectivity index (χ4n) is 1.11. The van der Waals surface area contributed by atoms with E-state index in [1.54, 1.807) is 11.8 Å². The lowest BCUT2D eigenvalue weighted by Crippen LogP contribution is -2.02. The van der Waals surface area contributed by atoms with E-state index in [9.17, 15) is 0 Å². The van der Waals surface area contributed by atoms with Gasteiger partial charge in [-0.3, -0.25) is 0 Å². The summed E-state index contributed by atoms with van der Waals surface area (Å²) in [5.74, 6) is 0.995. The Balaban J connectivity index is 2.13. The van der Waals surface area contributed by atoms with Crippen molar-refractivity contribution in [1.82, 2.24) is 0 Å². The molecule has 0 aliphatic carbocycles. The number of thioether (sulfide) groups is 1. The molecule has 1 unspecified atom stereocenters. The molecular formula is C10H10BrNOS. The Morgan fingerprint density at radius 1 is 1.43 bits per heavy atom. The van der Waals surface area contributed by atoms with Crippen LogP contribution in [-0.4, -0.2) is 17.1 Å². The Hall–Kier alpha value is -0.480. The number of aliphatic imine (C=N–C) groups is 1. The molecule has 1 fully saturated rings. The van der Waals surface area contributed by atoms with E-state index in [1.807, 2.05) is 24.3 Å². The zero-order valence-electron chi connectivity index (χ0n) is 7.74. The topological polar surface area (TPSA) is 21.6 Å². The summed E-state index contributed by atoms with van der Waals surface area (Å²) >= 11 is 5.05. The molecular weight excluding hydrogens is 262 g/mol. The summed E-state index contributed by atoms with van der Waals surface area (Å²) in [6, 6.07) is 7.87. The van der Waals surface area contributed by atoms with E-state index in [-0.39, 0.29) is 6.10 Å². The van der Waals surface area contributed by atoms with Crippen molar-refractivity contribution in [1.29, 1.82) is 0 Å². The molecule has 2 rings (SSSR count). The first-order valence-electron chi connectivity index (χ1n) is 4.38. The quantitative estimate of drug-likeness (QED) is 0.779. The second-order valence-electron chi connectivity index (χ2n) is 3.09. The van der Waals surface area contributed by atoms with Crippen LogP contribution < -0.4 is 0 Å². The van der Waals surface area contributed by atoms with Crippen molar-refractivity contribution in [2.45, 2.75) is 13.0 Å². The standard InChI is InChI=1S/C10H10BrNOS/c1-7-6-14-10(13-7)12-9-4-2-8(11)3-5-9/h2-5,7H,6H2,1H3. The normalized spacial score (nSPS) is 23.9. The molecule has 0 bridgehead atoms. The van der Waals surface area contributed by atoms with E-state index in [0.717, 1.165) is 21.1 Å². The van der Waals surface area contributed by atoms with E-state index in [2.05, 4.69) is 27.8 Å². The Morgan fingerprint density at radius 2 is 2.14 bits per heavy atom. The number of rotatable bonds is 1. The Labute approximate surface area is 95.9 Å². The SMILES string of the molecule is CC1CSC(=Nc2ccc(Br)cc2)O1. The maximum atomic E-state index is 5.50. The van der Waals surface area contributed by atoms with Crippen LogP contribution in [0.2, 0.25) is 0 Å². The van der Waals surface area contributed by atoms with Gasteiger partial charge in [-0.2, -0.15) is 0 Å². The van der Waals surface area contributed by atoms with Crippen LogP contribution in [0.5, 0.6) is 0 Å². The van der Waals surface area contributed by atoms with Gasteiger partial charge in [0.25, 0.3) is 5.23 Å². The van der Waals surface area contributed by atoms with Crippen LogP contribution in [0.15, 0.2) is 33.7 Å². The van der Waals surface area contributed by atoms with E-state index >= 15 is 0 Å². The Bertz CT molecular complexity index is 350. The third kappa shape index (κ3) is 2.51. The van der Waals surface area contributed by atoms with Crippen LogP contribution in [-0.2, 0) is 4.74 Å². The van der Waals surface area contributed by atoms with Crippen molar-refractivity contribution >= 4 is 38.6 Å². The van der Waals surface area contributed by atoms with Gasteiger partial charge in [0, 0.05) is 10.2 Å². The van der Waals surface area contributed by atoms with E-state index in [1.165, 1.54) is 0 Å². The van der Waals surface area contributed by atoms with Gasteiger partial charge in [-0.05, 0) is 31.2 Å². The van der Waals surface area contributed by atoms with Crippen LogP contribution in [0.1, 0.15) is 6.92 Å². The fourth-order valence-corrected chi connectivity index (χ4v) is 2.22. The van der Waals surface area contributed by atoms with Crippen molar-refractivity contribution in [3.05, 3.63) is 28.7 Å². The molecule has 0 radical (unpaired) electrons. The van der Waals surface area contributed by atoms with Gasteiger partial charge in [-0.15, -0.1) is 0 Å². The molecule has 74 valence electrons. The number of hydrogen-bond donors (Lipinski definition) is 0. The first-order valence-corrected chi connectivity index (χ1v) is 6.15. The number of ether oxygens (including phenoxy) is 1. The lowest BCUT2D eigenvalue weighted by Gasteiger charge is -2.00. The van der Waals surface area contributed by atoms with E-state index in [4.69, 9.17) is 4.74 Å². The molecule has 4 heteroatoms. The monoisotopic (exact) mass is 271 g/mol. The largest absolute Gasteiger partial charge is 0.469 e. The van der Waals surface area contributed by atoms with Gasteiger partial charge < -0.3 is 4.74 Å². The highest BCUT2D eigenvalue weighted by atomic mass is 79.9. The van der Waals surface area contributed by atoms with E-state index in [0.29, 0.717) is 0 Å². The average Bonchev–Trinajstić information content (AvgIpc) is 2.56. The molecule has 0 spiro atoms. The van der Waals surface area contributed by atoms with Gasteiger partial charge in [-0.25, -0.2) is 4.99 Å². The van der Waals surface area contributed by atoms with Crippen molar-refractivity contribution < 1.29 is 4.74 Å². The minimum Gasteiger partial charge on any atom is -0.469 e. The Morgan fingerprint density at radius 3 is 2.71 bits per heavy atom. The second kappa shape index (κ2) is 4.36. The van der Waals surface area contributed by atoms with E-state index < -0.39 is 0 Å². The van der Waals surface area contributed by atoms with Gasteiger partial charge in [0.15, 0.2) is 0 Å².